The fourth-order valence-corrected chi connectivity index (χ4v) is 2.47. The Balaban J connectivity index is 1.54. The van der Waals surface area contributed by atoms with E-state index in [2.05, 4.69) is 20.5 Å². The molecule has 0 saturated carbocycles. The number of carbonyl (C=O) groups is 1. The van der Waals surface area contributed by atoms with Gasteiger partial charge >= 0.3 is 0 Å². The molecule has 21 heavy (non-hydrogen) atoms. The molecule has 1 fully saturated rings. The van der Waals surface area contributed by atoms with Gasteiger partial charge in [-0.2, -0.15) is 5.10 Å². The first-order chi connectivity index (χ1) is 10.3. The number of anilines is 1. The lowest BCUT2D eigenvalue weighted by Gasteiger charge is -2.32. The molecule has 0 spiro atoms. The van der Waals surface area contributed by atoms with Crippen molar-refractivity contribution < 1.29 is 4.79 Å². The Morgan fingerprint density at radius 2 is 2.00 bits per heavy atom. The molecular formula is C15H17N5O. The number of hydrogen-bond acceptors (Lipinski definition) is 5. The fraction of sp³-hybridized carbons (Fsp3) is 0.333. The van der Waals surface area contributed by atoms with Crippen LogP contribution in [0.4, 0.5) is 5.82 Å². The van der Waals surface area contributed by atoms with Crippen LogP contribution in [0.1, 0.15) is 23.3 Å². The first-order valence-corrected chi connectivity index (χ1v) is 7.07. The SMILES string of the molecule is O=C(c1ccccn1)N1CCC(Nc2cccnn2)CC1. The molecule has 1 aliphatic rings. The van der Waals surface area contributed by atoms with Crippen molar-refractivity contribution in [2.75, 3.05) is 18.4 Å². The predicted octanol–water partition coefficient (Wildman–Crippen LogP) is 1.59. The Hall–Kier alpha value is -2.50. The summed E-state index contributed by atoms with van der Waals surface area (Å²) in [5, 5.41) is 11.2. The van der Waals surface area contributed by atoms with Gasteiger partial charge < -0.3 is 10.2 Å². The Labute approximate surface area is 123 Å². The molecule has 1 aliphatic heterocycles. The van der Waals surface area contributed by atoms with E-state index < -0.39 is 0 Å². The Kier molecular flexibility index (Phi) is 4.04. The van der Waals surface area contributed by atoms with Crippen molar-refractivity contribution in [1.82, 2.24) is 20.1 Å². The van der Waals surface area contributed by atoms with Gasteiger partial charge in [0.15, 0.2) is 0 Å². The van der Waals surface area contributed by atoms with Crippen LogP contribution in [0, 0.1) is 0 Å². The second-order valence-corrected chi connectivity index (χ2v) is 5.03. The lowest BCUT2D eigenvalue weighted by atomic mass is 10.0. The fourth-order valence-electron chi connectivity index (χ4n) is 2.47. The van der Waals surface area contributed by atoms with E-state index in [-0.39, 0.29) is 5.91 Å². The highest BCUT2D eigenvalue weighted by molar-refractivity contribution is 5.92. The maximum absolute atomic E-state index is 12.3. The highest BCUT2D eigenvalue weighted by atomic mass is 16.2. The number of nitrogens with zero attached hydrogens (tertiary/aromatic N) is 4. The summed E-state index contributed by atoms with van der Waals surface area (Å²) in [7, 11) is 0. The van der Waals surface area contributed by atoms with Gasteiger partial charge in [0.1, 0.15) is 11.5 Å². The first kappa shape index (κ1) is 13.5. The molecule has 0 aromatic carbocycles. The van der Waals surface area contributed by atoms with E-state index >= 15 is 0 Å². The van der Waals surface area contributed by atoms with Crippen LogP contribution in [0.3, 0.4) is 0 Å². The third-order valence-corrected chi connectivity index (χ3v) is 3.59. The standard InChI is InChI=1S/C15H17N5O/c21-15(13-4-1-2-8-16-13)20-10-6-12(7-11-20)18-14-5-3-9-17-19-14/h1-5,8-9,12H,6-7,10-11H2,(H,18,19). The summed E-state index contributed by atoms with van der Waals surface area (Å²) < 4.78 is 0. The van der Waals surface area contributed by atoms with E-state index in [4.69, 9.17) is 0 Å². The van der Waals surface area contributed by atoms with Crippen LogP contribution in [-0.2, 0) is 0 Å². The van der Waals surface area contributed by atoms with Crippen molar-refractivity contribution in [3.63, 3.8) is 0 Å². The average Bonchev–Trinajstić information content (AvgIpc) is 2.57. The normalized spacial score (nSPS) is 15.7. The summed E-state index contributed by atoms with van der Waals surface area (Å²) in [6.07, 6.45) is 5.10. The lowest BCUT2D eigenvalue weighted by Crippen LogP contribution is -2.42. The highest BCUT2D eigenvalue weighted by Crippen LogP contribution is 2.16. The first-order valence-electron chi connectivity index (χ1n) is 7.07. The van der Waals surface area contributed by atoms with Gasteiger partial charge in [-0.3, -0.25) is 9.78 Å². The molecular weight excluding hydrogens is 266 g/mol. The van der Waals surface area contributed by atoms with Crippen LogP contribution in [0.2, 0.25) is 0 Å². The Morgan fingerprint density at radius 3 is 2.67 bits per heavy atom. The van der Waals surface area contributed by atoms with Crippen molar-refractivity contribution in [3.05, 3.63) is 48.4 Å². The van der Waals surface area contributed by atoms with E-state index in [0.717, 1.165) is 31.7 Å². The van der Waals surface area contributed by atoms with E-state index in [1.807, 2.05) is 29.2 Å². The quantitative estimate of drug-likeness (QED) is 0.926. The van der Waals surface area contributed by atoms with Crippen LogP contribution < -0.4 is 5.32 Å². The van der Waals surface area contributed by atoms with Crippen LogP contribution in [0.15, 0.2) is 42.7 Å². The minimum atomic E-state index is 0.00792. The zero-order valence-electron chi connectivity index (χ0n) is 11.6. The summed E-state index contributed by atoms with van der Waals surface area (Å²) in [5.74, 6) is 0.792. The summed E-state index contributed by atoms with van der Waals surface area (Å²) in [6.45, 7) is 1.46. The van der Waals surface area contributed by atoms with E-state index in [1.165, 1.54) is 0 Å². The van der Waals surface area contributed by atoms with Crippen molar-refractivity contribution in [2.45, 2.75) is 18.9 Å². The molecule has 0 unspecified atom stereocenters. The summed E-state index contributed by atoms with van der Waals surface area (Å²) in [6, 6.07) is 9.49. The van der Waals surface area contributed by atoms with Crippen LogP contribution in [0.25, 0.3) is 0 Å². The molecule has 108 valence electrons. The average molecular weight is 283 g/mol. The molecule has 0 radical (unpaired) electrons. The highest BCUT2D eigenvalue weighted by Gasteiger charge is 2.24. The molecule has 2 aromatic rings. The molecule has 0 atom stereocenters. The van der Waals surface area contributed by atoms with Crippen molar-refractivity contribution in [3.8, 4) is 0 Å². The smallest absolute Gasteiger partial charge is 0.272 e. The molecule has 6 heteroatoms. The van der Waals surface area contributed by atoms with Crippen molar-refractivity contribution in [2.24, 2.45) is 0 Å². The van der Waals surface area contributed by atoms with Gasteiger partial charge in [0.25, 0.3) is 5.91 Å². The number of likely N-dealkylation sites (tertiary alicyclic amines) is 1. The molecule has 0 bridgehead atoms. The second-order valence-electron chi connectivity index (χ2n) is 5.03. The number of hydrogen-bond donors (Lipinski definition) is 1. The monoisotopic (exact) mass is 283 g/mol. The molecule has 6 nitrogen and oxygen atoms in total. The minimum Gasteiger partial charge on any atom is -0.366 e. The maximum atomic E-state index is 12.3. The molecule has 1 N–H and O–H groups in total. The molecule has 3 rings (SSSR count). The third-order valence-electron chi connectivity index (χ3n) is 3.59. The number of carbonyl (C=O) groups excluding carboxylic acids is 1. The number of aromatic nitrogens is 3. The van der Waals surface area contributed by atoms with Crippen LogP contribution in [0.5, 0.6) is 0 Å². The van der Waals surface area contributed by atoms with E-state index in [0.29, 0.717) is 11.7 Å². The number of piperidine rings is 1. The molecule has 2 aromatic heterocycles. The van der Waals surface area contributed by atoms with E-state index in [1.54, 1.807) is 18.5 Å². The predicted molar refractivity (Wildman–Crippen MR) is 78.8 cm³/mol. The Bertz CT molecular complexity index is 582. The molecule has 3 heterocycles. The number of pyridine rings is 1. The minimum absolute atomic E-state index is 0.00792. The zero-order valence-corrected chi connectivity index (χ0v) is 11.6. The zero-order chi connectivity index (χ0) is 14.5. The molecule has 1 saturated heterocycles. The largest absolute Gasteiger partial charge is 0.366 e. The summed E-state index contributed by atoms with van der Waals surface area (Å²) >= 11 is 0. The van der Waals surface area contributed by atoms with Gasteiger partial charge in [-0.1, -0.05) is 6.07 Å². The molecule has 0 aliphatic carbocycles. The Morgan fingerprint density at radius 1 is 1.14 bits per heavy atom. The van der Waals surface area contributed by atoms with Gasteiger partial charge in [-0.15, -0.1) is 5.10 Å². The summed E-state index contributed by atoms with van der Waals surface area (Å²) in [5.41, 5.74) is 0.512. The number of amides is 1. The topological polar surface area (TPSA) is 71.0 Å². The van der Waals surface area contributed by atoms with Gasteiger partial charge in [0, 0.05) is 31.5 Å². The van der Waals surface area contributed by atoms with Crippen molar-refractivity contribution >= 4 is 11.7 Å². The van der Waals surface area contributed by atoms with Gasteiger partial charge in [0.2, 0.25) is 0 Å². The maximum Gasteiger partial charge on any atom is 0.272 e. The third kappa shape index (κ3) is 3.34. The molecule has 1 amide bonds. The van der Waals surface area contributed by atoms with Crippen LogP contribution >= 0.6 is 0 Å². The second kappa shape index (κ2) is 6.30. The van der Waals surface area contributed by atoms with Gasteiger partial charge in [0.05, 0.1) is 0 Å². The number of nitrogens with one attached hydrogen (secondary N) is 1. The van der Waals surface area contributed by atoms with Gasteiger partial charge in [-0.05, 0) is 37.1 Å². The lowest BCUT2D eigenvalue weighted by molar-refractivity contribution is 0.0712. The van der Waals surface area contributed by atoms with Crippen LogP contribution in [-0.4, -0.2) is 45.1 Å². The van der Waals surface area contributed by atoms with Crippen molar-refractivity contribution in [1.29, 1.82) is 0 Å². The van der Waals surface area contributed by atoms with Gasteiger partial charge in [-0.25, -0.2) is 0 Å². The number of rotatable bonds is 3. The van der Waals surface area contributed by atoms with E-state index in [9.17, 15) is 4.79 Å². The summed E-state index contributed by atoms with van der Waals surface area (Å²) in [4.78, 5) is 18.3.